The van der Waals surface area contributed by atoms with Gasteiger partial charge in [-0.3, -0.25) is 0 Å². The minimum atomic E-state index is 0.148. The van der Waals surface area contributed by atoms with Crippen molar-refractivity contribution in [2.75, 3.05) is 0 Å². The van der Waals surface area contributed by atoms with Gasteiger partial charge in [-0.25, -0.2) is 0 Å². The van der Waals surface area contributed by atoms with Gasteiger partial charge in [0.1, 0.15) is 5.75 Å². The Hall–Kier alpha value is -2.35. The Kier molecular flexibility index (Phi) is 3.14. The van der Waals surface area contributed by atoms with Gasteiger partial charge in [-0.1, -0.05) is 23.4 Å². The van der Waals surface area contributed by atoms with Gasteiger partial charge < -0.3 is 9.26 Å². The maximum Gasteiger partial charge on any atom is 0.264 e. The molecule has 0 spiro atoms. The summed E-state index contributed by atoms with van der Waals surface area (Å²) in [7, 11) is 0. The number of para-hydroxylation sites is 1. The summed E-state index contributed by atoms with van der Waals surface area (Å²) in [5.41, 5.74) is 0. The molecule has 0 N–H and O–H groups in total. The van der Waals surface area contributed by atoms with Crippen LogP contribution in [0.1, 0.15) is 11.7 Å². The fourth-order valence-electron chi connectivity index (χ4n) is 1.15. The van der Waals surface area contributed by atoms with Crippen molar-refractivity contribution in [2.24, 2.45) is 0 Å². The van der Waals surface area contributed by atoms with Gasteiger partial charge in [0, 0.05) is 0 Å². The third kappa shape index (κ3) is 2.58. The summed E-state index contributed by atoms with van der Waals surface area (Å²) in [6, 6.07) is 11.3. The van der Waals surface area contributed by atoms with E-state index in [-0.39, 0.29) is 13.0 Å². The molecule has 0 aliphatic carbocycles. The summed E-state index contributed by atoms with van der Waals surface area (Å²) >= 11 is 0. The Labute approximate surface area is 92.3 Å². The van der Waals surface area contributed by atoms with E-state index in [1.165, 1.54) is 0 Å². The quantitative estimate of drug-likeness (QED) is 0.776. The highest BCUT2D eigenvalue weighted by Crippen LogP contribution is 2.10. The predicted octanol–water partition coefficient (Wildman–Crippen LogP) is 1.71. The van der Waals surface area contributed by atoms with Gasteiger partial charge in [-0.2, -0.15) is 10.2 Å². The summed E-state index contributed by atoms with van der Waals surface area (Å²) in [6.07, 6.45) is 0.148. The molecule has 0 saturated carbocycles. The third-order valence-corrected chi connectivity index (χ3v) is 1.85. The van der Waals surface area contributed by atoms with E-state index in [4.69, 9.17) is 14.5 Å². The number of hydrogen-bond donors (Lipinski definition) is 0. The van der Waals surface area contributed by atoms with Crippen LogP contribution < -0.4 is 4.74 Å². The second-order valence-electron chi connectivity index (χ2n) is 3.04. The molecule has 0 amide bonds. The summed E-state index contributed by atoms with van der Waals surface area (Å²) < 4.78 is 10.3. The molecule has 0 aliphatic rings. The molecule has 0 bridgehead atoms. The third-order valence-electron chi connectivity index (χ3n) is 1.85. The molecular formula is C11H9N3O2. The minimum Gasteiger partial charge on any atom is -0.484 e. The minimum absolute atomic E-state index is 0.148. The molecule has 0 unspecified atom stereocenters. The molecule has 2 rings (SSSR count). The van der Waals surface area contributed by atoms with Crippen molar-refractivity contribution in [1.29, 1.82) is 5.26 Å². The van der Waals surface area contributed by atoms with Crippen molar-refractivity contribution in [3.05, 3.63) is 42.0 Å². The van der Waals surface area contributed by atoms with Crippen LogP contribution >= 0.6 is 0 Å². The van der Waals surface area contributed by atoms with Crippen LogP contribution in [0.2, 0.25) is 0 Å². The summed E-state index contributed by atoms with van der Waals surface area (Å²) in [5, 5.41) is 12.1. The van der Waals surface area contributed by atoms with E-state index in [1.54, 1.807) is 0 Å². The van der Waals surface area contributed by atoms with Gasteiger partial charge in [0.15, 0.2) is 12.4 Å². The second-order valence-corrected chi connectivity index (χ2v) is 3.04. The highest BCUT2D eigenvalue weighted by atomic mass is 16.5. The SMILES string of the molecule is N#CCc1noc(COc2ccccc2)n1. The second kappa shape index (κ2) is 4.94. The van der Waals surface area contributed by atoms with E-state index in [2.05, 4.69) is 10.1 Å². The molecule has 16 heavy (non-hydrogen) atoms. The van der Waals surface area contributed by atoms with Crippen molar-refractivity contribution in [1.82, 2.24) is 10.1 Å². The molecule has 80 valence electrons. The summed E-state index contributed by atoms with van der Waals surface area (Å²) in [6.45, 7) is 0.211. The molecular weight excluding hydrogens is 206 g/mol. The molecule has 0 fully saturated rings. The van der Waals surface area contributed by atoms with E-state index < -0.39 is 0 Å². The van der Waals surface area contributed by atoms with Gasteiger partial charge in [0.05, 0.1) is 12.5 Å². The Morgan fingerprint density at radius 1 is 1.31 bits per heavy atom. The van der Waals surface area contributed by atoms with Crippen LogP contribution in [0.15, 0.2) is 34.9 Å². The van der Waals surface area contributed by atoms with Gasteiger partial charge in [0.25, 0.3) is 5.89 Å². The molecule has 5 heteroatoms. The van der Waals surface area contributed by atoms with Crippen molar-refractivity contribution in [2.45, 2.75) is 13.0 Å². The molecule has 0 aliphatic heterocycles. The molecule has 5 nitrogen and oxygen atoms in total. The number of benzene rings is 1. The van der Waals surface area contributed by atoms with Gasteiger partial charge in [-0.15, -0.1) is 0 Å². The van der Waals surface area contributed by atoms with Crippen molar-refractivity contribution < 1.29 is 9.26 Å². The van der Waals surface area contributed by atoms with E-state index in [1.807, 2.05) is 36.4 Å². The van der Waals surface area contributed by atoms with Gasteiger partial charge >= 0.3 is 0 Å². The van der Waals surface area contributed by atoms with Crippen molar-refractivity contribution in [3.63, 3.8) is 0 Å². The monoisotopic (exact) mass is 215 g/mol. The normalized spacial score (nSPS) is 9.69. The number of rotatable bonds is 4. The number of ether oxygens (including phenoxy) is 1. The van der Waals surface area contributed by atoms with E-state index in [0.717, 1.165) is 5.75 Å². The zero-order chi connectivity index (χ0) is 11.2. The predicted molar refractivity (Wildman–Crippen MR) is 54.4 cm³/mol. The molecule has 0 saturated heterocycles. The lowest BCUT2D eigenvalue weighted by Gasteiger charge is -2.00. The first kappa shape index (κ1) is 10.2. The number of hydrogen-bond acceptors (Lipinski definition) is 5. The standard InChI is InChI=1S/C11H9N3O2/c12-7-6-10-13-11(16-14-10)8-15-9-4-2-1-3-5-9/h1-5H,6,8H2. The Morgan fingerprint density at radius 3 is 2.88 bits per heavy atom. The molecule has 2 aromatic rings. The molecule has 1 aromatic carbocycles. The maximum atomic E-state index is 8.43. The fraction of sp³-hybridized carbons (Fsp3) is 0.182. The van der Waals surface area contributed by atoms with Crippen LogP contribution in [0.4, 0.5) is 0 Å². The summed E-state index contributed by atoms with van der Waals surface area (Å²) in [4.78, 5) is 3.99. The van der Waals surface area contributed by atoms with E-state index in [9.17, 15) is 0 Å². The first-order valence-electron chi connectivity index (χ1n) is 4.75. The van der Waals surface area contributed by atoms with Crippen molar-refractivity contribution in [3.8, 4) is 11.8 Å². The lowest BCUT2D eigenvalue weighted by molar-refractivity contribution is 0.242. The van der Waals surface area contributed by atoms with Crippen LogP contribution in [0, 0.1) is 11.3 Å². The number of nitriles is 1. The zero-order valence-corrected chi connectivity index (χ0v) is 8.46. The largest absolute Gasteiger partial charge is 0.484 e. The number of nitrogens with zero attached hydrogens (tertiary/aromatic N) is 3. The Morgan fingerprint density at radius 2 is 2.12 bits per heavy atom. The topological polar surface area (TPSA) is 71.9 Å². The first-order valence-corrected chi connectivity index (χ1v) is 4.75. The molecule has 1 aromatic heterocycles. The van der Waals surface area contributed by atoms with Crippen LogP contribution in [0.5, 0.6) is 5.75 Å². The van der Waals surface area contributed by atoms with Crippen LogP contribution in [-0.4, -0.2) is 10.1 Å². The van der Waals surface area contributed by atoms with Crippen molar-refractivity contribution >= 4 is 0 Å². The maximum absolute atomic E-state index is 8.43. The average Bonchev–Trinajstić information content (AvgIpc) is 2.76. The van der Waals surface area contributed by atoms with Crippen LogP contribution in [0.25, 0.3) is 0 Å². The zero-order valence-electron chi connectivity index (χ0n) is 8.46. The smallest absolute Gasteiger partial charge is 0.264 e. The molecule has 0 radical (unpaired) electrons. The van der Waals surface area contributed by atoms with Crippen LogP contribution in [0.3, 0.4) is 0 Å². The molecule has 1 heterocycles. The highest BCUT2D eigenvalue weighted by molar-refractivity contribution is 5.20. The Bertz CT molecular complexity index is 487. The van der Waals surface area contributed by atoms with Crippen LogP contribution in [-0.2, 0) is 13.0 Å². The lowest BCUT2D eigenvalue weighted by Crippen LogP contribution is -1.95. The number of aromatic nitrogens is 2. The highest BCUT2D eigenvalue weighted by Gasteiger charge is 2.05. The van der Waals surface area contributed by atoms with Gasteiger partial charge in [-0.05, 0) is 12.1 Å². The van der Waals surface area contributed by atoms with E-state index in [0.29, 0.717) is 11.7 Å². The fourth-order valence-corrected chi connectivity index (χ4v) is 1.15. The average molecular weight is 215 g/mol. The summed E-state index contributed by atoms with van der Waals surface area (Å²) in [5.74, 6) is 1.49. The molecule has 0 atom stereocenters. The lowest BCUT2D eigenvalue weighted by atomic mass is 10.3. The van der Waals surface area contributed by atoms with E-state index >= 15 is 0 Å². The first-order chi connectivity index (χ1) is 7.88. The Balaban J connectivity index is 1.93. The van der Waals surface area contributed by atoms with Gasteiger partial charge in [0.2, 0.25) is 0 Å².